The summed E-state index contributed by atoms with van der Waals surface area (Å²) in [5, 5.41) is 20.3. The van der Waals surface area contributed by atoms with Crippen molar-refractivity contribution in [3.05, 3.63) is 40.9 Å². The van der Waals surface area contributed by atoms with Crippen LogP contribution in [0.1, 0.15) is 19.0 Å². The molecule has 1 aromatic heterocycles. The van der Waals surface area contributed by atoms with Crippen molar-refractivity contribution in [1.82, 2.24) is 20.3 Å². The van der Waals surface area contributed by atoms with Gasteiger partial charge in [-0.15, -0.1) is 5.10 Å². The Hall–Kier alpha value is -1.50. The summed E-state index contributed by atoms with van der Waals surface area (Å²) in [7, 11) is 0. The Kier molecular flexibility index (Phi) is 5.05. The Labute approximate surface area is 121 Å². The van der Waals surface area contributed by atoms with Crippen LogP contribution in [0.15, 0.2) is 24.4 Å². The summed E-state index contributed by atoms with van der Waals surface area (Å²) in [6.07, 6.45) is 2.57. The third-order valence-corrected chi connectivity index (χ3v) is 3.28. The van der Waals surface area contributed by atoms with E-state index in [1.165, 1.54) is 16.8 Å². The van der Waals surface area contributed by atoms with Crippen molar-refractivity contribution in [3.63, 3.8) is 0 Å². The van der Waals surface area contributed by atoms with Gasteiger partial charge in [-0.3, -0.25) is 0 Å². The number of rotatable bonds is 6. The van der Waals surface area contributed by atoms with Crippen LogP contribution in [0.4, 0.5) is 4.39 Å². The van der Waals surface area contributed by atoms with Crippen molar-refractivity contribution >= 4 is 11.6 Å². The van der Waals surface area contributed by atoms with Crippen LogP contribution in [0.5, 0.6) is 0 Å². The molecule has 0 unspecified atom stereocenters. The van der Waals surface area contributed by atoms with Crippen molar-refractivity contribution in [3.8, 4) is 5.69 Å². The van der Waals surface area contributed by atoms with Crippen LogP contribution in [0.3, 0.4) is 0 Å². The summed E-state index contributed by atoms with van der Waals surface area (Å²) in [5.41, 5.74) is 1.38. The summed E-state index contributed by atoms with van der Waals surface area (Å²) >= 11 is 5.73. The monoisotopic (exact) mass is 298 g/mol. The van der Waals surface area contributed by atoms with Crippen molar-refractivity contribution in [2.24, 2.45) is 0 Å². The highest BCUT2D eigenvalue weighted by Gasteiger charge is 2.08. The third kappa shape index (κ3) is 3.53. The first kappa shape index (κ1) is 14.9. The Morgan fingerprint density at radius 2 is 2.30 bits per heavy atom. The van der Waals surface area contributed by atoms with Gasteiger partial charge in [-0.05, 0) is 24.6 Å². The molecule has 0 amide bonds. The maximum absolute atomic E-state index is 13.1. The van der Waals surface area contributed by atoms with Gasteiger partial charge in [0.1, 0.15) is 5.82 Å². The molecular weight excluding hydrogens is 283 g/mol. The summed E-state index contributed by atoms with van der Waals surface area (Å²) in [4.78, 5) is 0. The molecule has 0 spiro atoms. The van der Waals surface area contributed by atoms with E-state index in [-0.39, 0.29) is 17.7 Å². The average molecular weight is 299 g/mol. The van der Waals surface area contributed by atoms with Crippen LogP contribution in [0, 0.1) is 5.82 Å². The second-order valence-corrected chi connectivity index (χ2v) is 4.83. The van der Waals surface area contributed by atoms with Crippen LogP contribution in [0.25, 0.3) is 5.69 Å². The first-order valence-corrected chi connectivity index (χ1v) is 6.72. The zero-order valence-electron chi connectivity index (χ0n) is 11.1. The molecule has 2 N–H and O–H groups in total. The van der Waals surface area contributed by atoms with E-state index in [1.807, 2.05) is 6.92 Å². The lowest BCUT2D eigenvalue weighted by Gasteiger charge is -2.11. The molecule has 0 fully saturated rings. The minimum absolute atomic E-state index is 0.0421. The number of benzene rings is 1. The molecule has 7 heteroatoms. The average Bonchev–Trinajstić information content (AvgIpc) is 2.92. The minimum atomic E-state index is -0.467. The fourth-order valence-electron chi connectivity index (χ4n) is 1.72. The normalized spacial score (nSPS) is 12.6. The SMILES string of the molecule is CC[C@H](CO)NCc1cn(-c2ccc(F)c(Cl)c2)nn1. The van der Waals surface area contributed by atoms with Gasteiger partial charge in [0.15, 0.2) is 0 Å². The van der Waals surface area contributed by atoms with Crippen molar-refractivity contribution < 1.29 is 9.50 Å². The van der Waals surface area contributed by atoms with Gasteiger partial charge in [0, 0.05) is 12.6 Å². The van der Waals surface area contributed by atoms with Gasteiger partial charge in [-0.25, -0.2) is 9.07 Å². The molecule has 0 aliphatic heterocycles. The summed E-state index contributed by atoms with van der Waals surface area (Å²) in [6.45, 7) is 2.58. The largest absolute Gasteiger partial charge is 0.395 e. The van der Waals surface area contributed by atoms with Crippen molar-refractivity contribution in [1.29, 1.82) is 0 Å². The molecule has 0 saturated carbocycles. The smallest absolute Gasteiger partial charge is 0.141 e. The van der Waals surface area contributed by atoms with E-state index >= 15 is 0 Å². The van der Waals surface area contributed by atoms with E-state index in [2.05, 4.69) is 15.6 Å². The van der Waals surface area contributed by atoms with Gasteiger partial charge in [-0.1, -0.05) is 23.7 Å². The predicted molar refractivity (Wildman–Crippen MR) is 74.3 cm³/mol. The fraction of sp³-hybridized carbons (Fsp3) is 0.385. The zero-order valence-corrected chi connectivity index (χ0v) is 11.8. The van der Waals surface area contributed by atoms with Gasteiger partial charge in [0.05, 0.1) is 29.2 Å². The highest BCUT2D eigenvalue weighted by atomic mass is 35.5. The quantitative estimate of drug-likeness (QED) is 0.855. The van der Waals surface area contributed by atoms with Crippen LogP contribution >= 0.6 is 11.6 Å². The van der Waals surface area contributed by atoms with E-state index < -0.39 is 5.82 Å². The number of aliphatic hydroxyl groups is 1. The lowest BCUT2D eigenvalue weighted by atomic mass is 10.2. The summed E-state index contributed by atoms with van der Waals surface area (Å²) in [6, 6.07) is 4.40. The Morgan fingerprint density at radius 1 is 1.50 bits per heavy atom. The van der Waals surface area contributed by atoms with Gasteiger partial charge >= 0.3 is 0 Å². The molecule has 0 bridgehead atoms. The first-order valence-electron chi connectivity index (χ1n) is 6.35. The van der Waals surface area contributed by atoms with Gasteiger partial charge in [0.2, 0.25) is 0 Å². The second-order valence-electron chi connectivity index (χ2n) is 4.42. The Bertz CT molecular complexity index is 571. The van der Waals surface area contributed by atoms with Crippen LogP contribution < -0.4 is 5.32 Å². The number of halogens is 2. The molecule has 0 saturated heterocycles. The zero-order chi connectivity index (χ0) is 14.5. The van der Waals surface area contributed by atoms with Gasteiger partial charge in [0.25, 0.3) is 0 Å². The lowest BCUT2D eigenvalue weighted by Crippen LogP contribution is -2.31. The molecule has 1 atom stereocenters. The van der Waals surface area contributed by atoms with E-state index in [0.717, 1.165) is 12.1 Å². The first-order chi connectivity index (χ1) is 9.63. The van der Waals surface area contributed by atoms with Crippen molar-refractivity contribution in [2.75, 3.05) is 6.61 Å². The molecule has 1 heterocycles. The fourth-order valence-corrected chi connectivity index (χ4v) is 1.89. The number of aromatic nitrogens is 3. The van der Waals surface area contributed by atoms with E-state index in [0.29, 0.717) is 12.2 Å². The molecule has 0 radical (unpaired) electrons. The highest BCUT2D eigenvalue weighted by Crippen LogP contribution is 2.18. The molecule has 0 aliphatic carbocycles. The molecule has 5 nitrogen and oxygen atoms in total. The Balaban J connectivity index is 2.06. The second kappa shape index (κ2) is 6.78. The summed E-state index contributed by atoms with van der Waals surface area (Å²) < 4.78 is 14.6. The van der Waals surface area contributed by atoms with Gasteiger partial charge < -0.3 is 10.4 Å². The number of hydrogen-bond acceptors (Lipinski definition) is 4. The molecular formula is C13H16ClFN4O. The van der Waals surface area contributed by atoms with E-state index in [9.17, 15) is 4.39 Å². The molecule has 1 aromatic carbocycles. The summed E-state index contributed by atoms with van der Waals surface area (Å²) in [5.74, 6) is -0.467. The number of hydrogen-bond donors (Lipinski definition) is 2. The predicted octanol–water partition coefficient (Wildman–Crippen LogP) is 1.92. The van der Waals surface area contributed by atoms with Crippen LogP contribution in [-0.4, -0.2) is 32.7 Å². The van der Waals surface area contributed by atoms with E-state index in [1.54, 1.807) is 12.3 Å². The number of aliphatic hydroxyl groups excluding tert-OH is 1. The third-order valence-electron chi connectivity index (χ3n) is 2.99. The van der Waals surface area contributed by atoms with Crippen molar-refractivity contribution in [2.45, 2.75) is 25.9 Å². The molecule has 20 heavy (non-hydrogen) atoms. The minimum Gasteiger partial charge on any atom is -0.395 e. The maximum atomic E-state index is 13.1. The van der Waals surface area contributed by atoms with Gasteiger partial charge in [-0.2, -0.15) is 0 Å². The highest BCUT2D eigenvalue weighted by molar-refractivity contribution is 6.30. The molecule has 0 aliphatic rings. The standard InChI is InChI=1S/C13H16ClFN4O/c1-2-9(8-20)16-6-10-7-19(18-17-10)11-3-4-13(15)12(14)5-11/h3-5,7,9,16,20H,2,6,8H2,1H3/t9-/m1/s1. The van der Waals surface area contributed by atoms with Crippen LogP contribution in [-0.2, 0) is 6.54 Å². The molecule has 108 valence electrons. The van der Waals surface area contributed by atoms with Crippen LogP contribution in [0.2, 0.25) is 5.02 Å². The topological polar surface area (TPSA) is 63.0 Å². The lowest BCUT2D eigenvalue weighted by molar-refractivity contribution is 0.238. The molecule has 2 aromatic rings. The number of nitrogens with zero attached hydrogens (tertiary/aromatic N) is 3. The molecule has 2 rings (SSSR count). The maximum Gasteiger partial charge on any atom is 0.141 e. The Morgan fingerprint density at radius 3 is 2.95 bits per heavy atom. The number of nitrogens with one attached hydrogen (secondary N) is 1. The van der Waals surface area contributed by atoms with E-state index in [4.69, 9.17) is 16.7 Å².